The lowest BCUT2D eigenvalue weighted by Gasteiger charge is -1.88. The number of halogens is 1. The molecule has 0 aliphatic rings. The number of rotatable bonds is 1. The molecule has 54 valence electrons. The van der Waals surface area contributed by atoms with E-state index in [2.05, 4.69) is 26.9 Å². The molecule has 1 rings (SSSR count). The van der Waals surface area contributed by atoms with Gasteiger partial charge in [-0.3, -0.25) is 4.68 Å². The minimum atomic E-state index is 0.389. The lowest BCUT2D eigenvalue weighted by Crippen LogP contribution is -1.94. The topological polar surface area (TPSA) is 41.6 Å². The van der Waals surface area contributed by atoms with Gasteiger partial charge in [0.25, 0.3) is 0 Å². The molecule has 0 spiro atoms. The highest BCUT2D eigenvalue weighted by molar-refractivity contribution is 9.10. The van der Waals surface area contributed by atoms with Crippen molar-refractivity contribution in [2.24, 2.45) is 0 Å². The molecule has 1 aromatic rings. The maximum Gasteiger partial charge on any atom is 0.145 e. The molecule has 0 aliphatic heterocycles. The fourth-order valence-electron chi connectivity index (χ4n) is 0.647. The predicted molar refractivity (Wildman–Crippen MR) is 43.5 cm³/mol. The molecule has 1 aromatic heterocycles. The van der Waals surface area contributed by atoms with Crippen LogP contribution in [0.4, 0.5) is 0 Å². The molecule has 0 bridgehead atoms. The summed E-state index contributed by atoms with van der Waals surface area (Å²) in [5.74, 6) is 2.42. The zero-order valence-corrected chi connectivity index (χ0v) is 7.17. The predicted octanol–water partition coefficient (Wildman–Crippen LogP) is 1.15. The van der Waals surface area contributed by atoms with Gasteiger partial charge in [0.05, 0.1) is 0 Å². The van der Waals surface area contributed by atoms with Crippen molar-refractivity contribution in [3.05, 3.63) is 16.4 Å². The Labute approximate surface area is 72.8 Å². The molecule has 0 N–H and O–H groups in total. The largest absolute Gasteiger partial charge is 0.258 e. The van der Waals surface area contributed by atoms with E-state index in [1.54, 1.807) is 6.20 Å². The Balaban J connectivity index is 3.00. The first-order valence-electron chi connectivity index (χ1n) is 2.84. The van der Waals surface area contributed by atoms with Crippen LogP contribution >= 0.6 is 15.9 Å². The van der Waals surface area contributed by atoms with E-state index in [1.807, 2.05) is 6.07 Å². The van der Waals surface area contributed by atoms with E-state index in [9.17, 15) is 0 Å². The van der Waals surface area contributed by atoms with Crippen molar-refractivity contribution in [2.45, 2.75) is 6.54 Å². The molecule has 3 nitrogen and oxygen atoms in total. The second-order valence-electron chi connectivity index (χ2n) is 1.85. The van der Waals surface area contributed by atoms with Crippen LogP contribution in [0.15, 0.2) is 10.8 Å². The summed E-state index contributed by atoms with van der Waals surface area (Å²) in [5.41, 5.74) is 0.500. The third-order valence-electron chi connectivity index (χ3n) is 1.09. The highest BCUT2D eigenvalue weighted by Crippen LogP contribution is 2.11. The highest BCUT2D eigenvalue weighted by atomic mass is 79.9. The molecule has 4 heteroatoms. The van der Waals surface area contributed by atoms with Crippen LogP contribution in [0.25, 0.3) is 0 Å². The second-order valence-corrected chi connectivity index (χ2v) is 2.60. The van der Waals surface area contributed by atoms with Crippen LogP contribution in [0.3, 0.4) is 0 Å². The van der Waals surface area contributed by atoms with Crippen molar-refractivity contribution >= 4 is 15.9 Å². The zero-order chi connectivity index (χ0) is 8.27. The van der Waals surface area contributed by atoms with Gasteiger partial charge in [-0.1, -0.05) is 5.92 Å². The molecule has 0 aromatic carbocycles. The lowest BCUT2D eigenvalue weighted by molar-refractivity contribution is 0.710. The van der Waals surface area contributed by atoms with E-state index in [0.29, 0.717) is 16.7 Å². The molecule has 0 atom stereocenters. The normalized spacial score (nSPS) is 8.64. The summed E-state index contributed by atoms with van der Waals surface area (Å²) in [5, 5.41) is 12.5. The number of aromatic nitrogens is 2. The third kappa shape index (κ3) is 1.60. The fourth-order valence-corrected chi connectivity index (χ4v) is 1.04. The SMILES string of the molecule is C#CCn1cc(C#N)c(Br)n1. The minimum absolute atomic E-state index is 0.389. The highest BCUT2D eigenvalue weighted by Gasteiger charge is 2.02. The van der Waals surface area contributed by atoms with E-state index in [1.165, 1.54) is 4.68 Å². The molecule has 1 heterocycles. The van der Waals surface area contributed by atoms with Crippen LogP contribution in [-0.4, -0.2) is 9.78 Å². The Hall–Kier alpha value is -1.26. The van der Waals surface area contributed by atoms with Crippen LogP contribution in [-0.2, 0) is 6.54 Å². The maximum atomic E-state index is 8.51. The van der Waals surface area contributed by atoms with Gasteiger partial charge in [0.1, 0.15) is 22.8 Å². The molecule has 0 radical (unpaired) electrons. The minimum Gasteiger partial charge on any atom is -0.258 e. The van der Waals surface area contributed by atoms with Gasteiger partial charge in [-0.2, -0.15) is 10.4 Å². The monoisotopic (exact) mass is 209 g/mol. The molecular weight excluding hydrogens is 206 g/mol. The molecule has 0 saturated carbocycles. The van der Waals surface area contributed by atoms with E-state index >= 15 is 0 Å². The van der Waals surface area contributed by atoms with Gasteiger partial charge in [0.2, 0.25) is 0 Å². The first-order valence-corrected chi connectivity index (χ1v) is 3.63. The number of nitrogens with zero attached hydrogens (tertiary/aromatic N) is 3. The standard InChI is InChI=1S/C7H4BrN3/c1-2-3-11-5-6(4-9)7(8)10-11/h1,5H,3H2. The van der Waals surface area contributed by atoms with Gasteiger partial charge in [-0.25, -0.2) is 0 Å². The molecule has 0 fully saturated rings. The molecule has 11 heavy (non-hydrogen) atoms. The van der Waals surface area contributed by atoms with E-state index in [0.717, 1.165) is 0 Å². The summed E-state index contributed by atoms with van der Waals surface area (Å²) < 4.78 is 2.07. The number of hydrogen-bond donors (Lipinski definition) is 0. The summed E-state index contributed by atoms with van der Waals surface area (Å²) in [7, 11) is 0. The maximum absolute atomic E-state index is 8.51. The van der Waals surface area contributed by atoms with Crippen molar-refractivity contribution < 1.29 is 0 Å². The number of hydrogen-bond acceptors (Lipinski definition) is 2. The van der Waals surface area contributed by atoms with Gasteiger partial charge < -0.3 is 0 Å². The first kappa shape index (κ1) is 7.84. The lowest BCUT2D eigenvalue weighted by atomic mass is 10.4. The number of terminal acetylenes is 1. The summed E-state index contributed by atoms with van der Waals surface area (Å²) in [6, 6.07) is 1.98. The Morgan fingerprint density at radius 2 is 2.55 bits per heavy atom. The number of nitriles is 1. The summed E-state index contributed by atoms with van der Waals surface area (Å²) in [4.78, 5) is 0. The van der Waals surface area contributed by atoms with Crippen molar-refractivity contribution in [1.29, 1.82) is 5.26 Å². The van der Waals surface area contributed by atoms with Crippen molar-refractivity contribution in [3.8, 4) is 18.4 Å². The molecule has 0 aliphatic carbocycles. The molecule has 0 amide bonds. The average Bonchev–Trinajstić information content (AvgIpc) is 2.32. The molecular formula is C7H4BrN3. The van der Waals surface area contributed by atoms with Gasteiger partial charge in [0, 0.05) is 6.20 Å². The molecule has 0 unspecified atom stereocenters. The van der Waals surface area contributed by atoms with E-state index in [4.69, 9.17) is 11.7 Å². The summed E-state index contributed by atoms with van der Waals surface area (Å²) >= 11 is 3.12. The Morgan fingerprint density at radius 3 is 3.00 bits per heavy atom. The smallest absolute Gasteiger partial charge is 0.145 e. The third-order valence-corrected chi connectivity index (χ3v) is 1.68. The summed E-state index contributed by atoms with van der Waals surface area (Å²) in [6.07, 6.45) is 6.65. The van der Waals surface area contributed by atoms with Crippen LogP contribution in [0.1, 0.15) is 5.56 Å². The Bertz CT molecular complexity index is 340. The average molecular weight is 210 g/mol. The Kier molecular flexibility index (Phi) is 2.30. The quantitative estimate of drug-likeness (QED) is 0.652. The van der Waals surface area contributed by atoms with Crippen molar-refractivity contribution in [2.75, 3.05) is 0 Å². The summed E-state index contributed by atoms with van der Waals surface area (Å²) in [6.45, 7) is 0.389. The Morgan fingerprint density at radius 1 is 1.82 bits per heavy atom. The van der Waals surface area contributed by atoms with Gasteiger partial charge in [-0.15, -0.1) is 6.42 Å². The van der Waals surface area contributed by atoms with Gasteiger partial charge in [0.15, 0.2) is 0 Å². The van der Waals surface area contributed by atoms with Crippen LogP contribution in [0.5, 0.6) is 0 Å². The van der Waals surface area contributed by atoms with Crippen molar-refractivity contribution in [3.63, 3.8) is 0 Å². The van der Waals surface area contributed by atoms with Crippen LogP contribution in [0.2, 0.25) is 0 Å². The van der Waals surface area contributed by atoms with Crippen LogP contribution < -0.4 is 0 Å². The zero-order valence-electron chi connectivity index (χ0n) is 5.58. The first-order chi connectivity index (χ1) is 5.27. The van der Waals surface area contributed by atoms with Gasteiger partial charge in [-0.05, 0) is 15.9 Å². The second kappa shape index (κ2) is 3.23. The van der Waals surface area contributed by atoms with E-state index in [-0.39, 0.29) is 0 Å². The van der Waals surface area contributed by atoms with Crippen molar-refractivity contribution in [1.82, 2.24) is 9.78 Å². The van der Waals surface area contributed by atoms with E-state index < -0.39 is 0 Å². The fraction of sp³-hybridized carbons (Fsp3) is 0.143. The van der Waals surface area contributed by atoms with Crippen LogP contribution in [0, 0.1) is 23.7 Å². The molecule has 0 saturated heterocycles. The van der Waals surface area contributed by atoms with Gasteiger partial charge >= 0.3 is 0 Å².